The molecule has 1 unspecified atom stereocenters. The minimum absolute atomic E-state index is 0.0797. The van der Waals surface area contributed by atoms with E-state index in [9.17, 15) is 4.79 Å². The zero-order chi connectivity index (χ0) is 19.5. The Bertz CT molecular complexity index is 833. The Morgan fingerprint density at radius 2 is 2.04 bits per heavy atom. The molecule has 8 heteroatoms. The summed E-state index contributed by atoms with van der Waals surface area (Å²) < 4.78 is 7.98. The van der Waals surface area contributed by atoms with Gasteiger partial charge in [0.1, 0.15) is 12.4 Å². The van der Waals surface area contributed by atoms with Gasteiger partial charge in [0.2, 0.25) is 5.91 Å². The molecule has 4 rings (SSSR count). The molecule has 150 valence electrons. The Morgan fingerprint density at radius 3 is 2.75 bits per heavy atom. The molecule has 1 atom stereocenters. The molecule has 6 nitrogen and oxygen atoms in total. The zero-order valence-corrected chi connectivity index (χ0v) is 17.5. The minimum Gasteiger partial charge on any atom is -0.484 e. The molecule has 0 saturated heterocycles. The molecule has 28 heavy (non-hydrogen) atoms. The van der Waals surface area contributed by atoms with Gasteiger partial charge >= 0.3 is 0 Å². The number of halogens is 1. The van der Waals surface area contributed by atoms with Crippen LogP contribution in [0.1, 0.15) is 57.3 Å². The molecule has 1 aromatic heterocycles. The fourth-order valence-electron chi connectivity index (χ4n) is 3.49. The number of carbonyl (C=O) groups excluding carboxylic acids is 1. The van der Waals surface area contributed by atoms with Crippen molar-refractivity contribution in [2.45, 2.75) is 74.5 Å². The lowest BCUT2D eigenvalue weighted by Crippen LogP contribution is -2.37. The highest BCUT2D eigenvalue weighted by molar-refractivity contribution is 8.00. The van der Waals surface area contributed by atoms with Gasteiger partial charge in [0.25, 0.3) is 0 Å². The number of amides is 1. The Hall–Kier alpha value is -1.73. The second-order valence-corrected chi connectivity index (χ2v) is 9.18. The van der Waals surface area contributed by atoms with Crippen molar-refractivity contribution in [3.8, 4) is 5.75 Å². The van der Waals surface area contributed by atoms with E-state index in [-0.39, 0.29) is 11.2 Å². The number of nitrogens with one attached hydrogen (secondary N) is 1. The van der Waals surface area contributed by atoms with Crippen LogP contribution in [0.5, 0.6) is 5.75 Å². The van der Waals surface area contributed by atoms with Crippen molar-refractivity contribution in [1.82, 2.24) is 20.1 Å². The Labute approximate surface area is 174 Å². The predicted octanol–water partition coefficient (Wildman–Crippen LogP) is 4.38. The van der Waals surface area contributed by atoms with Crippen LogP contribution in [0.2, 0.25) is 5.02 Å². The third-order valence-electron chi connectivity index (χ3n) is 5.19. The molecule has 0 bridgehead atoms. The largest absolute Gasteiger partial charge is 0.484 e. The van der Waals surface area contributed by atoms with Gasteiger partial charge in [0, 0.05) is 12.1 Å². The maximum atomic E-state index is 12.5. The van der Waals surface area contributed by atoms with Crippen molar-refractivity contribution < 1.29 is 9.53 Å². The second kappa shape index (κ2) is 8.74. The lowest BCUT2D eigenvalue weighted by atomic mass is 10.2. The summed E-state index contributed by atoms with van der Waals surface area (Å²) in [5.41, 5.74) is 0. The maximum Gasteiger partial charge on any atom is 0.233 e. The number of rotatable bonds is 8. The second-order valence-electron chi connectivity index (χ2n) is 7.47. The van der Waals surface area contributed by atoms with Crippen LogP contribution in [-0.4, -0.2) is 32.0 Å². The molecule has 1 N–H and O–H groups in total. The summed E-state index contributed by atoms with van der Waals surface area (Å²) in [5, 5.41) is 13.0. The highest BCUT2D eigenvalue weighted by Crippen LogP contribution is 2.40. The third-order valence-corrected chi connectivity index (χ3v) is 6.56. The van der Waals surface area contributed by atoms with Gasteiger partial charge in [-0.2, -0.15) is 0 Å². The van der Waals surface area contributed by atoms with E-state index in [1.807, 2.05) is 25.1 Å². The van der Waals surface area contributed by atoms with Crippen molar-refractivity contribution >= 4 is 29.3 Å². The molecule has 2 aliphatic rings. The highest BCUT2D eigenvalue weighted by atomic mass is 35.5. The van der Waals surface area contributed by atoms with Gasteiger partial charge in [-0.15, -0.1) is 10.2 Å². The number of aromatic nitrogens is 3. The van der Waals surface area contributed by atoms with Gasteiger partial charge in [-0.25, -0.2) is 0 Å². The van der Waals surface area contributed by atoms with E-state index in [0.29, 0.717) is 29.5 Å². The molecule has 2 aromatic rings. The van der Waals surface area contributed by atoms with Crippen molar-refractivity contribution in [3.63, 3.8) is 0 Å². The van der Waals surface area contributed by atoms with Gasteiger partial charge in [-0.3, -0.25) is 9.36 Å². The number of ether oxygens (including phenoxy) is 1. The van der Waals surface area contributed by atoms with Crippen LogP contribution in [0.15, 0.2) is 29.4 Å². The molecule has 0 radical (unpaired) electrons. The van der Waals surface area contributed by atoms with Crippen LogP contribution in [0.3, 0.4) is 0 Å². The van der Waals surface area contributed by atoms with E-state index in [0.717, 1.165) is 36.7 Å². The SMILES string of the molecule is CC(Sc1nnc(COc2ccccc2Cl)n1C1CC1)C(=O)NC1CCCC1. The van der Waals surface area contributed by atoms with E-state index in [2.05, 4.69) is 20.1 Å². The van der Waals surface area contributed by atoms with E-state index in [1.165, 1.54) is 24.6 Å². The zero-order valence-electron chi connectivity index (χ0n) is 15.9. The minimum atomic E-state index is -0.209. The first-order valence-electron chi connectivity index (χ1n) is 9.90. The fourth-order valence-corrected chi connectivity index (χ4v) is 4.63. The van der Waals surface area contributed by atoms with Gasteiger partial charge in [0.05, 0.1) is 10.3 Å². The fraction of sp³-hybridized carbons (Fsp3) is 0.550. The molecular formula is C20H25ClN4O2S. The Kier molecular flexibility index (Phi) is 6.11. The summed E-state index contributed by atoms with van der Waals surface area (Å²) in [5.74, 6) is 1.48. The normalized spacial score (nSPS) is 18.2. The number of thioether (sulfide) groups is 1. The summed E-state index contributed by atoms with van der Waals surface area (Å²) in [6.45, 7) is 2.23. The summed E-state index contributed by atoms with van der Waals surface area (Å²) in [4.78, 5) is 12.5. The van der Waals surface area contributed by atoms with Crippen LogP contribution in [0, 0.1) is 0 Å². The highest BCUT2D eigenvalue weighted by Gasteiger charge is 2.31. The molecular weight excluding hydrogens is 396 g/mol. The van der Waals surface area contributed by atoms with E-state index < -0.39 is 0 Å². The van der Waals surface area contributed by atoms with Gasteiger partial charge in [0.15, 0.2) is 11.0 Å². The Morgan fingerprint density at radius 1 is 1.29 bits per heavy atom. The van der Waals surface area contributed by atoms with E-state index in [1.54, 1.807) is 6.07 Å². The van der Waals surface area contributed by atoms with Crippen LogP contribution in [0.25, 0.3) is 0 Å². The quantitative estimate of drug-likeness (QED) is 0.641. The average Bonchev–Trinajstić information content (AvgIpc) is 3.24. The summed E-state index contributed by atoms with van der Waals surface area (Å²) in [6.07, 6.45) is 6.80. The lowest BCUT2D eigenvalue weighted by Gasteiger charge is -2.16. The van der Waals surface area contributed by atoms with Crippen LogP contribution in [-0.2, 0) is 11.4 Å². The smallest absolute Gasteiger partial charge is 0.233 e. The van der Waals surface area contributed by atoms with E-state index >= 15 is 0 Å². The van der Waals surface area contributed by atoms with Gasteiger partial charge in [-0.05, 0) is 44.7 Å². The standard InChI is InChI=1S/C20H25ClN4O2S/c1-13(19(26)22-14-6-2-3-7-14)28-20-24-23-18(25(20)15-10-11-15)12-27-17-9-5-4-8-16(17)21/h4-5,8-9,13-15H,2-3,6-7,10-12H2,1H3,(H,22,26). The first-order valence-corrected chi connectivity index (χ1v) is 11.2. The lowest BCUT2D eigenvalue weighted by molar-refractivity contribution is -0.120. The van der Waals surface area contributed by atoms with Crippen molar-refractivity contribution in [1.29, 1.82) is 0 Å². The Balaban J connectivity index is 1.41. The predicted molar refractivity (Wildman–Crippen MR) is 110 cm³/mol. The van der Waals surface area contributed by atoms with Gasteiger partial charge in [-0.1, -0.05) is 48.3 Å². The summed E-state index contributed by atoms with van der Waals surface area (Å²) in [6, 6.07) is 8.12. The van der Waals surface area contributed by atoms with Crippen LogP contribution >= 0.6 is 23.4 Å². The number of nitrogens with zero attached hydrogens (tertiary/aromatic N) is 3. The monoisotopic (exact) mass is 420 g/mol. The third kappa shape index (κ3) is 4.63. The number of para-hydroxylation sites is 1. The molecule has 0 spiro atoms. The topological polar surface area (TPSA) is 69.0 Å². The summed E-state index contributed by atoms with van der Waals surface area (Å²) in [7, 11) is 0. The molecule has 2 aliphatic carbocycles. The van der Waals surface area contributed by atoms with Crippen LogP contribution in [0.4, 0.5) is 0 Å². The summed E-state index contributed by atoms with van der Waals surface area (Å²) >= 11 is 7.64. The molecule has 0 aliphatic heterocycles. The van der Waals surface area contributed by atoms with Crippen molar-refractivity contribution in [3.05, 3.63) is 35.1 Å². The molecule has 1 amide bonds. The number of hydrogen-bond acceptors (Lipinski definition) is 5. The van der Waals surface area contributed by atoms with Crippen molar-refractivity contribution in [2.75, 3.05) is 0 Å². The van der Waals surface area contributed by atoms with E-state index in [4.69, 9.17) is 16.3 Å². The first-order chi connectivity index (χ1) is 13.6. The average molecular weight is 421 g/mol. The maximum absolute atomic E-state index is 12.5. The first kappa shape index (κ1) is 19.6. The van der Waals surface area contributed by atoms with Gasteiger partial charge < -0.3 is 10.1 Å². The molecule has 2 saturated carbocycles. The number of benzene rings is 1. The molecule has 2 fully saturated rings. The van der Waals surface area contributed by atoms with Crippen LogP contribution < -0.4 is 10.1 Å². The number of carbonyl (C=O) groups is 1. The molecule has 1 heterocycles. The number of hydrogen-bond donors (Lipinski definition) is 1. The van der Waals surface area contributed by atoms with Crippen molar-refractivity contribution in [2.24, 2.45) is 0 Å². The molecule has 1 aromatic carbocycles.